The quantitative estimate of drug-likeness (QED) is 0.392. The van der Waals surface area contributed by atoms with Gasteiger partial charge in [0.05, 0.1) is 30.6 Å². The lowest BCUT2D eigenvalue weighted by Gasteiger charge is -2.40. The van der Waals surface area contributed by atoms with Crippen molar-refractivity contribution in [2.45, 2.75) is 46.5 Å². The number of hydrogen-bond donors (Lipinski definition) is 1. The fourth-order valence-corrected chi connectivity index (χ4v) is 4.79. The van der Waals surface area contributed by atoms with Crippen LogP contribution in [0.1, 0.15) is 43.5 Å². The molecule has 3 heterocycles. The molecule has 1 aliphatic rings. The van der Waals surface area contributed by atoms with Crippen molar-refractivity contribution >= 4 is 23.3 Å². The van der Waals surface area contributed by atoms with E-state index >= 15 is 0 Å². The number of ether oxygens (including phenoxy) is 1. The average Bonchev–Trinajstić information content (AvgIpc) is 2.80. The maximum absolute atomic E-state index is 13.5. The van der Waals surface area contributed by atoms with Crippen LogP contribution >= 0.6 is 11.6 Å². The third-order valence-electron chi connectivity index (χ3n) is 6.72. The normalized spacial score (nSPS) is 15.1. The van der Waals surface area contributed by atoms with E-state index in [0.29, 0.717) is 29.5 Å². The molecular weight excluding hydrogens is 481 g/mol. The van der Waals surface area contributed by atoms with E-state index in [9.17, 15) is 14.3 Å². The van der Waals surface area contributed by atoms with Gasteiger partial charge < -0.3 is 14.7 Å². The van der Waals surface area contributed by atoms with E-state index in [0.717, 1.165) is 54.0 Å². The van der Waals surface area contributed by atoms with Crippen molar-refractivity contribution in [1.82, 2.24) is 9.97 Å². The molecule has 6 nitrogen and oxygen atoms in total. The third-order valence-corrected chi connectivity index (χ3v) is 6.94. The molecule has 1 saturated heterocycles. The molecule has 1 N–H and O–H groups in total. The number of carboxylic acids is 1. The maximum atomic E-state index is 13.5. The maximum Gasteiger partial charge on any atom is 0.307 e. The Bertz CT molecular complexity index is 1220. The van der Waals surface area contributed by atoms with Gasteiger partial charge in [0.1, 0.15) is 11.6 Å². The minimum Gasteiger partial charge on any atom is -0.492 e. The minimum atomic E-state index is -0.882. The van der Waals surface area contributed by atoms with Gasteiger partial charge in [-0.15, -0.1) is 0 Å². The summed E-state index contributed by atoms with van der Waals surface area (Å²) in [5, 5.41) is 9.94. The highest BCUT2D eigenvalue weighted by Gasteiger charge is 2.29. The van der Waals surface area contributed by atoms with E-state index in [-0.39, 0.29) is 17.7 Å². The van der Waals surface area contributed by atoms with Gasteiger partial charge in [-0.3, -0.25) is 14.8 Å². The molecule has 0 aliphatic carbocycles. The van der Waals surface area contributed by atoms with Gasteiger partial charge in [-0.1, -0.05) is 25.4 Å². The number of nitrogens with zero attached hydrogens (tertiary/aromatic N) is 3. The Morgan fingerprint density at radius 2 is 1.92 bits per heavy atom. The van der Waals surface area contributed by atoms with Crippen molar-refractivity contribution in [1.29, 1.82) is 0 Å². The lowest BCUT2D eigenvalue weighted by Crippen LogP contribution is -2.38. The number of aromatic nitrogens is 2. The summed E-state index contributed by atoms with van der Waals surface area (Å²) < 4.78 is 19.3. The number of rotatable bonds is 8. The molecule has 4 rings (SSSR count). The topological polar surface area (TPSA) is 75.6 Å². The zero-order valence-corrected chi connectivity index (χ0v) is 21.6. The molecule has 1 fully saturated rings. The molecule has 0 radical (unpaired) electrons. The number of pyridine rings is 2. The molecule has 8 heteroatoms. The van der Waals surface area contributed by atoms with Gasteiger partial charge in [-0.25, -0.2) is 4.39 Å². The molecule has 0 amide bonds. The zero-order valence-electron chi connectivity index (χ0n) is 20.9. The van der Waals surface area contributed by atoms with Crippen molar-refractivity contribution in [2.24, 2.45) is 5.41 Å². The standard InChI is InChI=1S/C28H31ClFN3O3/c1-18-23(15-26(34)35)27(33-9-7-28(2,3)8-10-33)24(17-31-18)25-5-4-22(16-32-25)36-11-6-19-12-20(29)14-21(30)13-19/h4-5,12-14,16-17H,6-11,15H2,1-3H3,(H,34,35). The lowest BCUT2D eigenvalue weighted by molar-refractivity contribution is -0.136. The summed E-state index contributed by atoms with van der Waals surface area (Å²) in [6, 6.07) is 8.13. The molecule has 2 aromatic heterocycles. The predicted octanol–water partition coefficient (Wildman–Crippen LogP) is 6.12. The predicted molar refractivity (Wildman–Crippen MR) is 139 cm³/mol. The summed E-state index contributed by atoms with van der Waals surface area (Å²) in [5.41, 5.74) is 4.91. The second kappa shape index (κ2) is 10.8. The minimum absolute atomic E-state index is 0.0901. The molecule has 0 saturated carbocycles. The molecule has 190 valence electrons. The van der Waals surface area contributed by atoms with Crippen LogP contribution in [0.4, 0.5) is 10.1 Å². The number of aryl methyl sites for hydroxylation is 1. The van der Waals surface area contributed by atoms with Crippen molar-refractivity contribution in [3.63, 3.8) is 0 Å². The molecule has 3 aromatic rings. The van der Waals surface area contributed by atoms with Crippen LogP contribution in [-0.4, -0.2) is 40.7 Å². The van der Waals surface area contributed by atoms with E-state index in [2.05, 4.69) is 28.7 Å². The number of carboxylic acid groups (broad SMARTS) is 1. The van der Waals surface area contributed by atoms with E-state index in [4.69, 9.17) is 16.3 Å². The van der Waals surface area contributed by atoms with Crippen LogP contribution in [0.15, 0.2) is 42.7 Å². The van der Waals surface area contributed by atoms with Crippen LogP contribution in [-0.2, 0) is 17.6 Å². The Morgan fingerprint density at radius 1 is 1.17 bits per heavy atom. The summed E-state index contributed by atoms with van der Waals surface area (Å²) in [6.07, 6.45) is 5.90. The van der Waals surface area contributed by atoms with Crippen LogP contribution < -0.4 is 9.64 Å². The Balaban J connectivity index is 1.56. The SMILES string of the molecule is Cc1ncc(-c2ccc(OCCc3cc(F)cc(Cl)c3)cn2)c(N2CCC(C)(C)CC2)c1CC(=O)O. The molecule has 1 aromatic carbocycles. The summed E-state index contributed by atoms with van der Waals surface area (Å²) >= 11 is 5.92. The van der Waals surface area contributed by atoms with Crippen molar-refractivity contribution < 1.29 is 19.0 Å². The number of anilines is 1. The number of benzene rings is 1. The van der Waals surface area contributed by atoms with E-state index in [1.165, 1.54) is 12.1 Å². The van der Waals surface area contributed by atoms with Gasteiger partial charge in [-0.2, -0.15) is 0 Å². The van der Waals surface area contributed by atoms with Crippen LogP contribution in [0.2, 0.25) is 5.02 Å². The second-order valence-electron chi connectivity index (χ2n) is 10.1. The monoisotopic (exact) mass is 511 g/mol. The second-order valence-corrected chi connectivity index (χ2v) is 10.5. The summed E-state index contributed by atoms with van der Waals surface area (Å²) in [6.45, 7) is 8.44. The number of halogens is 2. The van der Waals surface area contributed by atoms with Crippen LogP contribution in [0.5, 0.6) is 5.75 Å². The smallest absolute Gasteiger partial charge is 0.307 e. The molecule has 36 heavy (non-hydrogen) atoms. The fourth-order valence-electron chi connectivity index (χ4n) is 4.55. The highest BCUT2D eigenvalue weighted by atomic mass is 35.5. The molecule has 0 atom stereocenters. The van der Waals surface area contributed by atoms with E-state index < -0.39 is 5.97 Å². The van der Waals surface area contributed by atoms with Crippen molar-refractivity contribution in [3.05, 3.63) is 70.4 Å². The largest absolute Gasteiger partial charge is 0.492 e. The summed E-state index contributed by atoms with van der Waals surface area (Å²) in [4.78, 5) is 23.1. The number of piperidine rings is 1. The van der Waals surface area contributed by atoms with E-state index in [1.807, 2.05) is 19.1 Å². The third kappa shape index (κ3) is 6.32. The van der Waals surface area contributed by atoms with Gasteiger partial charge >= 0.3 is 5.97 Å². The van der Waals surface area contributed by atoms with Gasteiger partial charge in [0, 0.05) is 47.6 Å². The molecular formula is C28H31ClFN3O3. The Labute approximate surface area is 216 Å². The summed E-state index contributed by atoms with van der Waals surface area (Å²) in [7, 11) is 0. The van der Waals surface area contributed by atoms with Crippen molar-refractivity contribution in [2.75, 3.05) is 24.6 Å². The Kier molecular flexibility index (Phi) is 7.79. The number of aliphatic carboxylic acids is 1. The van der Waals surface area contributed by atoms with E-state index in [1.54, 1.807) is 18.5 Å². The molecule has 0 spiro atoms. The van der Waals surface area contributed by atoms with Gasteiger partial charge in [0.25, 0.3) is 0 Å². The summed E-state index contributed by atoms with van der Waals surface area (Å²) in [5.74, 6) is -0.661. The van der Waals surface area contributed by atoms with Gasteiger partial charge in [0.15, 0.2) is 0 Å². The van der Waals surface area contributed by atoms with Crippen molar-refractivity contribution in [3.8, 4) is 17.0 Å². The first-order chi connectivity index (χ1) is 17.1. The van der Waals surface area contributed by atoms with Crippen LogP contribution in [0, 0.1) is 18.2 Å². The first-order valence-electron chi connectivity index (χ1n) is 12.1. The fraction of sp³-hybridized carbons (Fsp3) is 0.393. The molecule has 0 bridgehead atoms. The van der Waals surface area contributed by atoms with Crippen LogP contribution in [0.25, 0.3) is 11.3 Å². The average molecular weight is 512 g/mol. The first kappa shape index (κ1) is 25.9. The number of carbonyl (C=O) groups is 1. The lowest BCUT2D eigenvalue weighted by atomic mass is 9.82. The highest BCUT2D eigenvalue weighted by molar-refractivity contribution is 6.30. The highest BCUT2D eigenvalue weighted by Crippen LogP contribution is 2.39. The van der Waals surface area contributed by atoms with Gasteiger partial charge in [0.2, 0.25) is 0 Å². The molecule has 1 aliphatic heterocycles. The number of hydrogen-bond acceptors (Lipinski definition) is 5. The van der Waals surface area contributed by atoms with Gasteiger partial charge in [-0.05, 0) is 61.1 Å². The molecule has 0 unspecified atom stereocenters. The zero-order chi connectivity index (χ0) is 25.9. The first-order valence-corrected chi connectivity index (χ1v) is 12.5. The Morgan fingerprint density at radius 3 is 2.56 bits per heavy atom. The Hall–Kier alpha value is -3.19. The van der Waals surface area contributed by atoms with Crippen LogP contribution in [0.3, 0.4) is 0 Å².